The number of amides is 3. The minimum atomic E-state index is -0.691. The van der Waals surface area contributed by atoms with Gasteiger partial charge >= 0.3 is 0 Å². The summed E-state index contributed by atoms with van der Waals surface area (Å²) in [6.45, 7) is 6.66. The lowest BCUT2D eigenvalue weighted by Crippen LogP contribution is -2.57. The fraction of sp³-hybridized carbons (Fsp3) is 0.654. The van der Waals surface area contributed by atoms with E-state index in [2.05, 4.69) is 22.5 Å². The number of likely N-dealkylation sites (tertiary alicyclic amines) is 1. The smallest absolute Gasteiger partial charge is 0.244 e. The number of hydrogen-bond acceptors (Lipinski definition) is 7. The molecule has 3 amide bonds. The molecule has 4 fully saturated rings. The van der Waals surface area contributed by atoms with E-state index in [9.17, 15) is 19.5 Å². The van der Waals surface area contributed by atoms with Crippen molar-refractivity contribution in [2.75, 3.05) is 52.5 Å². The second kappa shape index (κ2) is 10.7. The highest BCUT2D eigenvalue weighted by Gasteiger charge is 2.75. The second-order valence-electron chi connectivity index (χ2n) is 10.3. The molecule has 1 aromatic carbocycles. The van der Waals surface area contributed by atoms with Crippen molar-refractivity contribution in [3.05, 3.63) is 35.9 Å². The zero-order chi connectivity index (χ0) is 25.3. The van der Waals surface area contributed by atoms with E-state index < -0.39 is 22.6 Å². The van der Waals surface area contributed by atoms with Crippen LogP contribution in [0.25, 0.3) is 0 Å². The molecule has 10 heteroatoms. The van der Waals surface area contributed by atoms with Gasteiger partial charge in [0.15, 0.2) is 0 Å². The van der Waals surface area contributed by atoms with Crippen molar-refractivity contribution in [2.45, 2.75) is 35.9 Å². The first-order valence-electron chi connectivity index (χ1n) is 13.0. The Balaban J connectivity index is 1.33. The van der Waals surface area contributed by atoms with Crippen LogP contribution in [0.15, 0.2) is 30.3 Å². The molecule has 4 aliphatic heterocycles. The molecule has 9 nitrogen and oxygen atoms in total. The molecule has 36 heavy (non-hydrogen) atoms. The maximum Gasteiger partial charge on any atom is 0.244 e. The van der Waals surface area contributed by atoms with Crippen LogP contribution >= 0.6 is 11.8 Å². The summed E-state index contributed by atoms with van der Waals surface area (Å²) < 4.78 is 4.73. The molecule has 4 aliphatic rings. The Morgan fingerprint density at radius 2 is 1.89 bits per heavy atom. The SMILES string of the molecule is CC1C[C@H]2SC13C(C(=O)NCCN1CCOCC1)N(CCO)C(=O)[C@@H]3[C@H]2C(=O)NCc1ccccc1. The van der Waals surface area contributed by atoms with Gasteiger partial charge in [0.1, 0.15) is 6.04 Å². The predicted octanol–water partition coefficient (Wildman–Crippen LogP) is 0.0807. The number of aliphatic hydroxyl groups is 1. The fourth-order valence-electron chi connectivity index (χ4n) is 6.63. The molecule has 0 aromatic heterocycles. The highest BCUT2D eigenvalue weighted by atomic mass is 32.2. The third-order valence-corrected chi connectivity index (χ3v) is 10.4. The van der Waals surface area contributed by atoms with Crippen molar-refractivity contribution in [2.24, 2.45) is 17.8 Å². The zero-order valence-electron chi connectivity index (χ0n) is 20.7. The van der Waals surface area contributed by atoms with Crippen LogP contribution in [0.1, 0.15) is 18.9 Å². The average molecular weight is 517 g/mol. The van der Waals surface area contributed by atoms with Gasteiger partial charge in [0.05, 0.1) is 36.4 Å². The van der Waals surface area contributed by atoms with E-state index in [-0.39, 0.29) is 42.0 Å². The zero-order valence-corrected chi connectivity index (χ0v) is 21.5. The maximum atomic E-state index is 13.8. The van der Waals surface area contributed by atoms with E-state index in [4.69, 9.17) is 4.74 Å². The molecule has 3 N–H and O–H groups in total. The van der Waals surface area contributed by atoms with Crippen molar-refractivity contribution in [1.29, 1.82) is 0 Å². The lowest BCUT2D eigenvalue weighted by Gasteiger charge is -2.38. The first-order valence-corrected chi connectivity index (χ1v) is 13.8. The molecule has 6 atom stereocenters. The van der Waals surface area contributed by atoms with Gasteiger partial charge in [-0.25, -0.2) is 0 Å². The third kappa shape index (κ3) is 4.42. The van der Waals surface area contributed by atoms with Crippen molar-refractivity contribution in [3.8, 4) is 0 Å². The molecule has 1 spiro atoms. The van der Waals surface area contributed by atoms with Crippen LogP contribution in [0.5, 0.6) is 0 Å². The summed E-state index contributed by atoms with van der Waals surface area (Å²) in [5, 5.41) is 15.9. The summed E-state index contributed by atoms with van der Waals surface area (Å²) >= 11 is 1.65. The van der Waals surface area contributed by atoms with E-state index in [0.717, 1.165) is 31.6 Å². The van der Waals surface area contributed by atoms with Crippen molar-refractivity contribution in [3.63, 3.8) is 0 Å². The van der Waals surface area contributed by atoms with Crippen molar-refractivity contribution < 1.29 is 24.2 Å². The van der Waals surface area contributed by atoms with Gasteiger partial charge in [-0.1, -0.05) is 37.3 Å². The molecule has 0 radical (unpaired) electrons. The summed E-state index contributed by atoms with van der Waals surface area (Å²) in [6.07, 6.45) is 0.794. The number of carbonyl (C=O) groups is 3. The first-order chi connectivity index (χ1) is 17.5. The van der Waals surface area contributed by atoms with Crippen LogP contribution in [0.2, 0.25) is 0 Å². The van der Waals surface area contributed by atoms with Gasteiger partial charge in [-0.2, -0.15) is 0 Å². The molecular formula is C26H36N4O5S. The van der Waals surface area contributed by atoms with Gasteiger partial charge < -0.3 is 25.4 Å². The predicted molar refractivity (Wildman–Crippen MR) is 136 cm³/mol. The maximum absolute atomic E-state index is 13.8. The molecule has 5 rings (SSSR count). The summed E-state index contributed by atoms with van der Waals surface area (Å²) in [7, 11) is 0. The number of thioether (sulfide) groups is 1. The molecule has 0 aliphatic carbocycles. The second-order valence-corrected chi connectivity index (χ2v) is 11.8. The van der Waals surface area contributed by atoms with Gasteiger partial charge in [0.2, 0.25) is 17.7 Å². The quantitative estimate of drug-likeness (QED) is 0.426. The summed E-state index contributed by atoms with van der Waals surface area (Å²) in [4.78, 5) is 44.6. The molecule has 196 valence electrons. The van der Waals surface area contributed by atoms with E-state index in [1.807, 2.05) is 30.3 Å². The van der Waals surface area contributed by atoms with Gasteiger partial charge in [0.25, 0.3) is 0 Å². The van der Waals surface area contributed by atoms with Crippen LogP contribution in [0, 0.1) is 17.8 Å². The van der Waals surface area contributed by atoms with Crippen LogP contribution < -0.4 is 10.6 Å². The Morgan fingerprint density at radius 3 is 2.61 bits per heavy atom. The summed E-state index contributed by atoms with van der Waals surface area (Å²) in [5.74, 6) is -1.42. The Hall–Kier alpha value is -2.14. The summed E-state index contributed by atoms with van der Waals surface area (Å²) in [6, 6.07) is 9.02. The van der Waals surface area contributed by atoms with E-state index in [1.165, 1.54) is 4.90 Å². The highest BCUT2D eigenvalue weighted by molar-refractivity contribution is 8.02. The highest BCUT2D eigenvalue weighted by Crippen LogP contribution is 2.68. The lowest BCUT2D eigenvalue weighted by atomic mass is 9.66. The van der Waals surface area contributed by atoms with Crippen molar-refractivity contribution in [1.82, 2.24) is 20.4 Å². The lowest BCUT2D eigenvalue weighted by molar-refractivity contribution is -0.140. The number of rotatable bonds is 9. The molecule has 4 saturated heterocycles. The van der Waals surface area contributed by atoms with Gasteiger partial charge in [0, 0.05) is 44.5 Å². The Labute approximate surface area is 216 Å². The van der Waals surface area contributed by atoms with Crippen LogP contribution in [-0.2, 0) is 25.7 Å². The van der Waals surface area contributed by atoms with Gasteiger partial charge in [-0.05, 0) is 17.9 Å². The Morgan fingerprint density at radius 1 is 1.14 bits per heavy atom. The Kier molecular flexibility index (Phi) is 7.57. The molecule has 1 aromatic rings. The molecule has 3 unspecified atom stereocenters. The number of hydrogen-bond donors (Lipinski definition) is 3. The number of morpholine rings is 1. The van der Waals surface area contributed by atoms with Crippen molar-refractivity contribution >= 4 is 29.5 Å². The van der Waals surface area contributed by atoms with Gasteiger partial charge in [-0.15, -0.1) is 11.8 Å². The van der Waals surface area contributed by atoms with Crippen LogP contribution in [-0.4, -0.2) is 101 Å². The third-order valence-electron chi connectivity index (χ3n) is 8.28. The number of ether oxygens (including phenoxy) is 1. The molecule has 0 saturated carbocycles. The van der Waals surface area contributed by atoms with Crippen LogP contribution in [0.4, 0.5) is 0 Å². The normalized spacial score (nSPS) is 33.6. The Bertz CT molecular complexity index is 974. The standard InChI is InChI=1S/C26H36N4O5S/c1-17-15-19-20(23(32)28-16-18-5-3-2-4-6-18)21-25(34)30(9-12-31)22(26(17,21)36-19)24(33)27-7-8-29-10-13-35-14-11-29/h2-6,17,19-22,31H,7-16H2,1H3,(H,27,33)(H,28,32)/t17?,19-,20+,21+,22?,26?/m1/s1. The monoisotopic (exact) mass is 516 g/mol. The van der Waals surface area contributed by atoms with Gasteiger partial charge in [-0.3, -0.25) is 19.3 Å². The average Bonchev–Trinajstić information content (AvgIpc) is 3.48. The van der Waals surface area contributed by atoms with E-state index in [1.54, 1.807) is 11.8 Å². The van der Waals surface area contributed by atoms with Crippen LogP contribution in [0.3, 0.4) is 0 Å². The minimum Gasteiger partial charge on any atom is -0.395 e. The number of benzene rings is 1. The van der Waals surface area contributed by atoms with E-state index >= 15 is 0 Å². The molecule has 2 bridgehead atoms. The number of nitrogens with one attached hydrogen (secondary N) is 2. The number of β-amino-alcohol motifs (C(OH)–C–C–N with tert-alkyl or cyclic N) is 1. The fourth-order valence-corrected chi connectivity index (χ4v) is 9.05. The number of carbonyl (C=O) groups excluding carboxylic acids is 3. The number of fused-ring (bicyclic) bond motifs is 1. The topological polar surface area (TPSA) is 111 Å². The first kappa shape index (κ1) is 25.5. The molecule has 4 heterocycles. The number of nitrogens with zero attached hydrogens (tertiary/aromatic N) is 2. The minimum absolute atomic E-state index is 0.00431. The largest absolute Gasteiger partial charge is 0.395 e. The summed E-state index contributed by atoms with van der Waals surface area (Å²) in [5.41, 5.74) is 1.00. The van der Waals surface area contributed by atoms with E-state index in [0.29, 0.717) is 26.3 Å². The number of aliphatic hydroxyl groups excluding tert-OH is 1. The molecular weight excluding hydrogens is 480 g/mol.